The van der Waals surface area contributed by atoms with Crippen LogP contribution in [0.5, 0.6) is 5.75 Å². The third kappa shape index (κ3) is 1.88. The first-order chi connectivity index (χ1) is 10.5. The highest BCUT2D eigenvalue weighted by Gasteiger charge is 2.57. The first-order valence-electron chi connectivity index (χ1n) is 8.57. The van der Waals surface area contributed by atoms with E-state index < -0.39 is 0 Å². The lowest BCUT2D eigenvalue weighted by atomic mass is 9.54. The van der Waals surface area contributed by atoms with Gasteiger partial charge < -0.3 is 14.9 Å². The van der Waals surface area contributed by atoms with Gasteiger partial charge in [0.1, 0.15) is 5.75 Å². The Kier molecular flexibility index (Phi) is 3.28. The Hall–Kier alpha value is -1.06. The van der Waals surface area contributed by atoms with Gasteiger partial charge in [-0.25, -0.2) is 0 Å². The van der Waals surface area contributed by atoms with Gasteiger partial charge in [-0.1, -0.05) is 13.0 Å². The van der Waals surface area contributed by atoms with E-state index in [4.69, 9.17) is 4.74 Å². The highest BCUT2D eigenvalue weighted by Crippen LogP contribution is 2.61. The highest BCUT2D eigenvalue weighted by molar-refractivity contribution is 5.41. The quantitative estimate of drug-likeness (QED) is 0.837. The molecule has 6 atom stereocenters. The van der Waals surface area contributed by atoms with Crippen molar-refractivity contribution in [2.24, 2.45) is 17.3 Å². The van der Waals surface area contributed by atoms with Crippen LogP contribution >= 0.6 is 0 Å². The van der Waals surface area contributed by atoms with Gasteiger partial charge in [-0.3, -0.25) is 0 Å². The second-order valence-electron chi connectivity index (χ2n) is 7.80. The molecule has 2 N–H and O–H groups in total. The SMILES string of the molecule is COC1C[C@]2(C)C(O)CC[C@H]2[C@@H]2CCc3cc(O)ccc3[C@@H]12. The lowest BCUT2D eigenvalue weighted by molar-refractivity contribution is -0.0929. The van der Waals surface area contributed by atoms with E-state index >= 15 is 0 Å². The minimum atomic E-state index is -0.183. The van der Waals surface area contributed by atoms with Crippen molar-refractivity contribution in [1.29, 1.82) is 0 Å². The Balaban J connectivity index is 1.78. The van der Waals surface area contributed by atoms with E-state index in [1.165, 1.54) is 11.1 Å². The van der Waals surface area contributed by atoms with Crippen LogP contribution < -0.4 is 0 Å². The van der Waals surface area contributed by atoms with Crippen LogP contribution in [0.4, 0.5) is 0 Å². The molecule has 120 valence electrons. The van der Waals surface area contributed by atoms with Crippen LogP contribution in [0.25, 0.3) is 0 Å². The fraction of sp³-hybridized carbons (Fsp3) is 0.684. The summed E-state index contributed by atoms with van der Waals surface area (Å²) in [4.78, 5) is 0. The Morgan fingerprint density at radius 3 is 2.82 bits per heavy atom. The number of phenolic OH excluding ortho intramolecular Hbond substituents is 1. The van der Waals surface area contributed by atoms with Crippen molar-refractivity contribution in [3.05, 3.63) is 29.3 Å². The fourth-order valence-electron chi connectivity index (χ4n) is 5.82. The van der Waals surface area contributed by atoms with Crippen LogP contribution in [0.1, 0.15) is 49.7 Å². The average molecular weight is 302 g/mol. The van der Waals surface area contributed by atoms with Gasteiger partial charge in [0, 0.05) is 13.0 Å². The molecule has 4 rings (SSSR count). The number of aliphatic hydroxyl groups excluding tert-OH is 1. The Morgan fingerprint density at radius 1 is 1.23 bits per heavy atom. The first kappa shape index (κ1) is 14.5. The van der Waals surface area contributed by atoms with Gasteiger partial charge in [-0.05, 0) is 72.6 Å². The maximum Gasteiger partial charge on any atom is 0.115 e. The topological polar surface area (TPSA) is 49.7 Å². The number of hydrogen-bond donors (Lipinski definition) is 2. The molecule has 1 aromatic carbocycles. The number of hydrogen-bond acceptors (Lipinski definition) is 3. The Labute approximate surface area is 132 Å². The summed E-state index contributed by atoms with van der Waals surface area (Å²) < 4.78 is 5.90. The normalized spacial score (nSPS) is 43.3. The second-order valence-corrected chi connectivity index (χ2v) is 7.80. The number of benzene rings is 1. The molecule has 0 aromatic heterocycles. The number of aryl methyl sites for hydroxylation is 1. The molecule has 0 radical (unpaired) electrons. The lowest BCUT2D eigenvalue weighted by Gasteiger charge is -2.53. The van der Waals surface area contributed by atoms with E-state index in [0.717, 1.165) is 32.1 Å². The van der Waals surface area contributed by atoms with Gasteiger partial charge >= 0.3 is 0 Å². The van der Waals surface area contributed by atoms with E-state index in [1.54, 1.807) is 7.11 Å². The summed E-state index contributed by atoms with van der Waals surface area (Å²) in [6.45, 7) is 2.27. The molecule has 3 heteroatoms. The van der Waals surface area contributed by atoms with Gasteiger partial charge in [-0.2, -0.15) is 0 Å². The summed E-state index contributed by atoms with van der Waals surface area (Å²) >= 11 is 0. The third-order valence-electron chi connectivity index (χ3n) is 6.91. The summed E-state index contributed by atoms with van der Waals surface area (Å²) in [6.07, 6.45) is 5.18. The van der Waals surface area contributed by atoms with Crippen molar-refractivity contribution < 1.29 is 14.9 Å². The van der Waals surface area contributed by atoms with Crippen molar-refractivity contribution in [2.75, 3.05) is 7.11 Å². The van der Waals surface area contributed by atoms with Crippen LogP contribution in [0.3, 0.4) is 0 Å². The Morgan fingerprint density at radius 2 is 2.05 bits per heavy atom. The molecular weight excluding hydrogens is 276 g/mol. The lowest BCUT2D eigenvalue weighted by Crippen LogP contribution is -2.50. The predicted molar refractivity (Wildman–Crippen MR) is 84.9 cm³/mol. The molecule has 2 fully saturated rings. The summed E-state index contributed by atoms with van der Waals surface area (Å²) in [5, 5.41) is 20.3. The fourth-order valence-corrected chi connectivity index (χ4v) is 5.82. The predicted octanol–water partition coefficient (Wildman–Crippen LogP) is 3.23. The molecule has 0 saturated heterocycles. The van der Waals surface area contributed by atoms with Gasteiger partial charge in [-0.15, -0.1) is 0 Å². The monoisotopic (exact) mass is 302 g/mol. The number of fused-ring (bicyclic) bond motifs is 5. The number of rotatable bonds is 1. The van der Waals surface area contributed by atoms with Crippen LogP contribution in [0.15, 0.2) is 18.2 Å². The third-order valence-corrected chi connectivity index (χ3v) is 6.91. The average Bonchev–Trinajstić information content (AvgIpc) is 2.81. The van der Waals surface area contributed by atoms with Crippen molar-refractivity contribution in [3.63, 3.8) is 0 Å². The summed E-state index contributed by atoms with van der Waals surface area (Å²) in [5.41, 5.74) is 2.66. The molecule has 3 nitrogen and oxygen atoms in total. The molecule has 0 bridgehead atoms. The molecule has 0 aliphatic heterocycles. The van der Waals surface area contributed by atoms with Crippen molar-refractivity contribution in [2.45, 2.75) is 57.2 Å². The zero-order chi connectivity index (χ0) is 15.5. The van der Waals surface area contributed by atoms with Gasteiger partial charge in [0.25, 0.3) is 0 Å². The van der Waals surface area contributed by atoms with Gasteiger partial charge in [0.05, 0.1) is 12.2 Å². The number of aromatic hydroxyl groups is 1. The zero-order valence-electron chi connectivity index (χ0n) is 13.5. The maximum absolute atomic E-state index is 10.5. The Bertz CT molecular complexity index is 584. The zero-order valence-corrected chi connectivity index (χ0v) is 13.5. The molecular formula is C19H26O3. The standard InChI is InChI=1S/C19H26O3/c1-19-10-16(22-2)18-13-6-4-12(20)9-11(13)3-5-14(18)15(19)7-8-17(19)21/h4,6,9,14-18,20-21H,3,5,7-8,10H2,1-2H3/t14-,15-,16?,17?,18+,19-/m0/s1. The summed E-state index contributed by atoms with van der Waals surface area (Å²) in [5.74, 6) is 1.97. The largest absolute Gasteiger partial charge is 0.508 e. The second kappa shape index (κ2) is 4.97. The van der Waals surface area contributed by atoms with Crippen molar-refractivity contribution in [1.82, 2.24) is 0 Å². The van der Waals surface area contributed by atoms with E-state index in [-0.39, 0.29) is 17.6 Å². The molecule has 0 spiro atoms. The number of ether oxygens (including phenoxy) is 1. The van der Waals surface area contributed by atoms with Gasteiger partial charge in [0.15, 0.2) is 0 Å². The summed E-state index contributed by atoms with van der Waals surface area (Å²) in [7, 11) is 1.81. The first-order valence-corrected chi connectivity index (χ1v) is 8.57. The van der Waals surface area contributed by atoms with E-state index in [1.807, 2.05) is 12.1 Å². The van der Waals surface area contributed by atoms with Crippen LogP contribution in [0.2, 0.25) is 0 Å². The smallest absolute Gasteiger partial charge is 0.115 e. The molecule has 0 amide bonds. The van der Waals surface area contributed by atoms with Crippen LogP contribution in [0, 0.1) is 17.3 Å². The maximum atomic E-state index is 10.5. The minimum Gasteiger partial charge on any atom is -0.508 e. The minimum absolute atomic E-state index is 0.0102. The number of phenols is 1. The van der Waals surface area contributed by atoms with E-state index in [9.17, 15) is 10.2 Å². The van der Waals surface area contributed by atoms with Crippen LogP contribution in [-0.2, 0) is 11.2 Å². The van der Waals surface area contributed by atoms with Crippen LogP contribution in [-0.4, -0.2) is 29.5 Å². The number of methoxy groups -OCH3 is 1. The summed E-state index contributed by atoms with van der Waals surface area (Å²) in [6, 6.07) is 5.84. The molecule has 3 aliphatic carbocycles. The van der Waals surface area contributed by atoms with E-state index in [2.05, 4.69) is 13.0 Å². The number of aliphatic hydroxyl groups is 1. The molecule has 0 heterocycles. The molecule has 1 aromatic rings. The highest BCUT2D eigenvalue weighted by atomic mass is 16.5. The molecule has 2 unspecified atom stereocenters. The van der Waals surface area contributed by atoms with E-state index in [0.29, 0.717) is 23.5 Å². The molecule has 2 saturated carbocycles. The van der Waals surface area contributed by atoms with Crippen molar-refractivity contribution >= 4 is 0 Å². The molecule has 22 heavy (non-hydrogen) atoms. The van der Waals surface area contributed by atoms with Crippen molar-refractivity contribution in [3.8, 4) is 5.75 Å². The molecule has 3 aliphatic rings. The van der Waals surface area contributed by atoms with Gasteiger partial charge in [0.2, 0.25) is 0 Å².